The molecule has 2 rings (SSSR count). The van der Waals surface area contributed by atoms with Crippen molar-refractivity contribution in [2.75, 3.05) is 6.54 Å². The summed E-state index contributed by atoms with van der Waals surface area (Å²) in [5.74, 6) is -0.830. The van der Waals surface area contributed by atoms with Crippen LogP contribution in [0.5, 0.6) is 0 Å². The molecule has 1 saturated heterocycles. The summed E-state index contributed by atoms with van der Waals surface area (Å²) >= 11 is 1.66. The Hall–Kier alpha value is -1.88. The van der Waals surface area contributed by atoms with E-state index in [1.54, 1.807) is 16.2 Å². The molecule has 0 spiro atoms. The second kappa shape index (κ2) is 8.11. The molecule has 0 aliphatic carbocycles. The van der Waals surface area contributed by atoms with Gasteiger partial charge in [-0.2, -0.15) is 0 Å². The van der Waals surface area contributed by atoms with Crippen LogP contribution in [-0.2, 0) is 16.1 Å². The van der Waals surface area contributed by atoms with Crippen LogP contribution in [0.1, 0.15) is 36.4 Å². The summed E-state index contributed by atoms with van der Waals surface area (Å²) in [6.45, 7) is 7.10. The SMILES string of the molecule is C/C=C\C(=C/CC)N1CCC(C(=O)NCc2ccc(C)s2)C1=O. The molecular weight excluding hydrogens is 308 g/mol. The monoisotopic (exact) mass is 332 g/mol. The van der Waals surface area contributed by atoms with Crippen molar-refractivity contribution < 1.29 is 9.59 Å². The molecule has 1 aliphatic heterocycles. The molecule has 5 heteroatoms. The van der Waals surface area contributed by atoms with Crippen molar-refractivity contribution in [1.29, 1.82) is 0 Å². The third-order valence-electron chi connectivity index (χ3n) is 3.82. The fourth-order valence-corrected chi connectivity index (χ4v) is 3.54. The molecule has 1 aromatic rings. The van der Waals surface area contributed by atoms with Crippen molar-refractivity contribution in [2.45, 2.75) is 40.2 Å². The van der Waals surface area contributed by atoms with Crippen LogP contribution >= 0.6 is 11.3 Å². The summed E-state index contributed by atoms with van der Waals surface area (Å²) in [5.41, 5.74) is 0.893. The van der Waals surface area contributed by atoms with Crippen LogP contribution in [0.3, 0.4) is 0 Å². The predicted octanol–water partition coefficient (Wildman–Crippen LogP) is 3.39. The lowest BCUT2D eigenvalue weighted by Gasteiger charge is -2.18. The van der Waals surface area contributed by atoms with Gasteiger partial charge in [0.05, 0.1) is 6.54 Å². The highest BCUT2D eigenvalue weighted by molar-refractivity contribution is 7.11. The van der Waals surface area contributed by atoms with Gasteiger partial charge in [0.25, 0.3) is 0 Å². The summed E-state index contributed by atoms with van der Waals surface area (Å²) < 4.78 is 0. The minimum Gasteiger partial charge on any atom is -0.351 e. The van der Waals surface area contributed by atoms with Gasteiger partial charge < -0.3 is 10.2 Å². The van der Waals surface area contributed by atoms with Crippen molar-refractivity contribution in [2.24, 2.45) is 5.92 Å². The highest BCUT2D eigenvalue weighted by Gasteiger charge is 2.37. The Balaban J connectivity index is 1.97. The minimum absolute atomic E-state index is 0.0948. The van der Waals surface area contributed by atoms with Crippen LogP contribution in [0.2, 0.25) is 0 Å². The molecule has 124 valence electrons. The number of likely N-dealkylation sites (tertiary alicyclic amines) is 1. The minimum atomic E-state index is -0.568. The number of carbonyl (C=O) groups excluding carboxylic acids is 2. The van der Waals surface area contributed by atoms with Crippen molar-refractivity contribution in [1.82, 2.24) is 10.2 Å². The third-order valence-corrected chi connectivity index (χ3v) is 4.82. The van der Waals surface area contributed by atoms with Crippen molar-refractivity contribution in [3.8, 4) is 0 Å². The van der Waals surface area contributed by atoms with Crippen LogP contribution in [0.25, 0.3) is 0 Å². The number of rotatable bonds is 6. The number of aryl methyl sites for hydroxylation is 1. The van der Waals surface area contributed by atoms with E-state index in [1.165, 1.54) is 4.88 Å². The van der Waals surface area contributed by atoms with E-state index in [4.69, 9.17) is 0 Å². The molecule has 0 aromatic carbocycles. The zero-order valence-corrected chi connectivity index (χ0v) is 14.8. The standard InChI is InChI=1S/C18H24N2O2S/c1-4-6-14(7-5-2)20-11-10-16(18(20)22)17(21)19-12-15-9-8-13(3)23-15/h4,6-9,16H,5,10-12H2,1-3H3,(H,19,21)/b6-4-,14-7+. The van der Waals surface area contributed by atoms with Gasteiger partial charge in [0.2, 0.25) is 11.8 Å². The lowest BCUT2D eigenvalue weighted by atomic mass is 10.1. The Morgan fingerprint density at radius 2 is 2.26 bits per heavy atom. The maximum absolute atomic E-state index is 12.5. The van der Waals surface area contributed by atoms with Gasteiger partial charge in [0.15, 0.2) is 0 Å². The van der Waals surface area contributed by atoms with Gasteiger partial charge in [-0.1, -0.05) is 19.1 Å². The van der Waals surface area contributed by atoms with Crippen LogP contribution in [0.4, 0.5) is 0 Å². The molecule has 1 aliphatic rings. The zero-order valence-electron chi connectivity index (χ0n) is 14.0. The van der Waals surface area contributed by atoms with Crippen molar-refractivity contribution >= 4 is 23.2 Å². The lowest BCUT2D eigenvalue weighted by Crippen LogP contribution is -2.36. The molecule has 2 amide bonds. The van der Waals surface area contributed by atoms with Crippen LogP contribution in [0, 0.1) is 12.8 Å². The fraction of sp³-hybridized carbons (Fsp3) is 0.444. The number of amides is 2. The molecule has 1 N–H and O–H groups in total. The molecule has 0 radical (unpaired) electrons. The summed E-state index contributed by atoms with van der Waals surface area (Å²) in [4.78, 5) is 28.9. The molecule has 4 nitrogen and oxygen atoms in total. The van der Waals surface area contributed by atoms with E-state index in [-0.39, 0.29) is 11.8 Å². The maximum Gasteiger partial charge on any atom is 0.239 e. The highest BCUT2D eigenvalue weighted by atomic mass is 32.1. The van der Waals surface area contributed by atoms with E-state index in [0.717, 1.165) is 17.0 Å². The quantitative estimate of drug-likeness (QED) is 0.641. The molecule has 23 heavy (non-hydrogen) atoms. The Kier molecular flexibility index (Phi) is 6.16. The Labute approximate surface area is 141 Å². The number of nitrogens with zero attached hydrogens (tertiary/aromatic N) is 1. The first-order chi connectivity index (χ1) is 11.1. The second-order valence-electron chi connectivity index (χ2n) is 5.60. The number of allylic oxidation sites excluding steroid dienone is 3. The number of thiophene rings is 1. The topological polar surface area (TPSA) is 49.4 Å². The lowest BCUT2D eigenvalue weighted by molar-refractivity contribution is -0.136. The Morgan fingerprint density at radius 3 is 2.87 bits per heavy atom. The number of carbonyl (C=O) groups is 2. The van der Waals surface area contributed by atoms with Crippen molar-refractivity contribution in [3.05, 3.63) is 45.8 Å². The van der Waals surface area contributed by atoms with Gasteiger partial charge in [-0.05, 0) is 44.9 Å². The number of hydrogen-bond acceptors (Lipinski definition) is 3. The van der Waals surface area contributed by atoms with E-state index in [9.17, 15) is 9.59 Å². The highest BCUT2D eigenvalue weighted by Crippen LogP contribution is 2.24. The molecule has 1 atom stereocenters. The van der Waals surface area contributed by atoms with E-state index < -0.39 is 5.92 Å². The van der Waals surface area contributed by atoms with Gasteiger partial charge >= 0.3 is 0 Å². The second-order valence-corrected chi connectivity index (χ2v) is 6.97. The van der Waals surface area contributed by atoms with Gasteiger partial charge in [-0.25, -0.2) is 0 Å². The van der Waals surface area contributed by atoms with Gasteiger partial charge in [0, 0.05) is 22.0 Å². The van der Waals surface area contributed by atoms with Crippen LogP contribution in [0.15, 0.2) is 36.1 Å². The first-order valence-electron chi connectivity index (χ1n) is 8.04. The van der Waals surface area contributed by atoms with E-state index in [0.29, 0.717) is 19.5 Å². The van der Waals surface area contributed by atoms with Crippen molar-refractivity contribution in [3.63, 3.8) is 0 Å². The van der Waals surface area contributed by atoms with E-state index >= 15 is 0 Å². The Bertz CT molecular complexity index is 631. The fourth-order valence-electron chi connectivity index (χ4n) is 2.71. The zero-order chi connectivity index (χ0) is 16.8. The molecule has 0 bridgehead atoms. The van der Waals surface area contributed by atoms with Crippen LogP contribution in [-0.4, -0.2) is 23.3 Å². The number of hydrogen-bond donors (Lipinski definition) is 1. The molecular formula is C18H24N2O2S. The van der Waals surface area contributed by atoms with Gasteiger partial charge in [-0.3, -0.25) is 9.59 Å². The normalized spacial score (nSPS) is 18.9. The molecule has 1 fully saturated rings. The largest absolute Gasteiger partial charge is 0.351 e. The number of nitrogens with one attached hydrogen (secondary N) is 1. The predicted molar refractivity (Wildman–Crippen MR) is 93.9 cm³/mol. The molecule has 1 aromatic heterocycles. The Morgan fingerprint density at radius 1 is 1.48 bits per heavy atom. The molecule has 2 heterocycles. The molecule has 1 unspecified atom stereocenters. The van der Waals surface area contributed by atoms with E-state index in [1.807, 2.05) is 51.1 Å². The van der Waals surface area contributed by atoms with E-state index in [2.05, 4.69) is 5.32 Å². The molecule has 0 saturated carbocycles. The summed E-state index contributed by atoms with van der Waals surface area (Å²) in [7, 11) is 0. The smallest absolute Gasteiger partial charge is 0.239 e. The van der Waals surface area contributed by atoms with Crippen LogP contribution < -0.4 is 5.32 Å². The first kappa shape index (κ1) is 17.5. The summed E-state index contributed by atoms with van der Waals surface area (Å²) in [6.07, 6.45) is 7.30. The summed E-state index contributed by atoms with van der Waals surface area (Å²) in [5, 5.41) is 2.89. The first-order valence-corrected chi connectivity index (χ1v) is 8.85. The third kappa shape index (κ3) is 4.32. The van der Waals surface area contributed by atoms with Gasteiger partial charge in [-0.15, -0.1) is 11.3 Å². The summed E-state index contributed by atoms with van der Waals surface area (Å²) in [6, 6.07) is 4.05. The maximum atomic E-state index is 12.5. The van der Waals surface area contributed by atoms with Gasteiger partial charge in [0.1, 0.15) is 5.92 Å². The average Bonchev–Trinajstić information content (AvgIpc) is 3.11. The average molecular weight is 332 g/mol.